The fourth-order valence-corrected chi connectivity index (χ4v) is 7.65. The van der Waals surface area contributed by atoms with Crippen molar-refractivity contribution in [1.82, 2.24) is 19.5 Å². The zero-order chi connectivity index (χ0) is 33.0. The fraction of sp³-hybridized carbons (Fsp3) is 0.0444. The quantitative estimate of drug-likeness (QED) is 0.188. The van der Waals surface area contributed by atoms with Crippen molar-refractivity contribution in [2.24, 2.45) is 0 Å². The summed E-state index contributed by atoms with van der Waals surface area (Å²) in [5, 5.41) is 2.33. The van der Waals surface area contributed by atoms with E-state index < -0.39 is 0 Å². The lowest BCUT2D eigenvalue weighted by atomic mass is 9.91. The van der Waals surface area contributed by atoms with Crippen molar-refractivity contribution in [2.45, 2.75) is 12.3 Å². The van der Waals surface area contributed by atoms with Crippen molar-refractivity contribution in [3.8, 4) is 39.9 Å². The summed E-state index contributed by atoms with van der Waals surface area (Å²) in [5.41, 5.74) is 11.3. The van der Waals surface area contributed by atoms with Crippen molar-refractivity contribution < 1.29 is 0 Å². The van der Waals surface area contributed by atoms with Gasteiger partial charge in [-0.15, -0.1) is 0 Å². The minimum Gasteiger partial charge on any atom is -0.311 e. The molecule has 0 saturated carbocycles. The van der Waals surface area contributed by atoms with E-state index in [1.54, 1.807) is 0 Å². The molecule has 3 heterocycles. The van der Waals surface area contributed by atoms with Crippen molar-refractivity contribution in [2.75, 3.05) is 4.90 Å². The van der Waals surface area contributed by atoms with Gasteiger partial charge in [0.2, 0.25) is 5.95 Å². The molecule has 236 valence electrons. The standard InChI is InChI=1S/C45H31N5/c1-4-14-30(15-5-1)31-24-26-34(27-25-31)49-39-22-12-10-20-35(39)37-28-29-38-36-21-11-13-23-40(36)50(42(38)41(37)49)45-47-43(32-16-6-2-7-17-32)46-44(48-45)33-18-8-3-9-19-33/h1-19,21-29,35H,20H2. The Hall–Kier alpha value is -6.59. The van der Waals surface area contributed by atoms with Gasteiger partial charge in [-0.25, -0.2) is 4.98 Å². The number of aromatic nitrogens is 4. The maximum Gasteiger partial charge on any atom is 0.238 e. The van der Waals surface area contributed by atoms with Crippen LogP contribution in [0.15, 0.2) is 176 Å². The van der Waals surface area contributed by atoms with Gasteiger partial charge in [-0.2, -0.15) is 9.97 Å². The lowest BCUT2D eigenvalue weighted by Crippen LogP contribution is -2.15. The fourth-order valence-electron chi connectivity index (χ4n) is 7.65. The normalized spacial score (nSPS) is 14.9. The van der Waals surface area contributed by atoms with Crippen molar-refractivity contribution in [3.05, 3.63) is 181 Å². The van der Waals surface area contributed by atoms with Crippen LogP contribution in [-0.4, -0.2) is 19.5 Å². The van der Waals surface area contributed by atoms with Crippen LogP contribution in [0.2, 0.25) is 0 Å². The van der Waals surface area contributed by atoms with E-state index in [-0.39, 0.29) is 5.92 Å². The van der Waals surface area contributed by atoms with Gasteiger partial charge in [-0.3, -0.25) is 4.57 Å². The first-order valence-electron chi connectivity index (χ1n) is 17.1. The van der Waals surface area contributed by atoms with Crippen LogP contribution in [-0.2, 0) is 0 Å². The summed E-state index contributed by atoms with van der Waals surface area (Å²) >= 11 is 0. The number of hydrogen-bond donors (Lipinski definition) is 0. The van der Waals surface area contributed by atoms with Crippen LogP contribution in [0.3, 0.4) is 0 Å². The Morgan fingerprint density at radius 3 is 1.80 bits per heavy atom. The molecule has 0 bridgehead atoms. The highest BCUT2D eigenvalue weighted by Gasteiger charge is 2.38. The molecule has 2 aliphatic rings. The van der Waals surface area contributed by atoms with Crippen LogP contribution in [0.4, 0.5) is 11.4 Å². The van der Waals surface area contributed by atoms with Crippen molar-refractivity contribution in [1.29, 1.82) is 0 Å². The molecule has 10 rings (SSSR count). The average Bonchev–Trinajstić information content (AvgIpc) is 3.72. The van der Waals surface area contributed by atoms with Gasteiger partial charge in [0.1, 0.15) is 0 Å². The number of benzene rings is 6. The predicted octanol–water partition coefficient (Wildman–Crippen LogP) is 11.0. The zero-order valence-corrected chi connectivity index (χ0v) is 27.2. The van der Waals surface area contributed by atoms with Crippen LogP contribution >= 0.6 is 0 Å². The Labute approximate surface area is 290 Å². The van der Waals surface area contributed by atoms with Gasteiger partial charge in [0.25, 0.3) is 0 Å². The lowest BCUT2D eigenvalue weighted by Gasteiger charge is -2.25. The number of nitrogens with zero attached hydrogens (tertiary/aromatic N) is 5. The maximum absolute atomic E-state index is 5.23. The van der Waals surface area contributed by atoms with E-state index >= 15 is 0 Å². The number of hydrogen-bond acceptors (Lipinski definition) is 4. The van der Waals surface area contributed by atoms with E-state index in [0.717, 1.165) is 39.7 Å². The van der Waals surface area contributed by atoms with E-state index in [2.05, 4.69) is 143 Å². The molecule has 0 amide bonds. The molecule has 0 radical (unpaired) electrons. The van der Waals surface area contributed by atoms with Crippen LogP contribution < -0.4 is 4.90 Å². The predicted molar refractivity (Wildman–Crippen MR) is 204 cm³/mol. The molecular formula is C45H31N5. The van der Waals surface area contributed by atoms with Crippen LogP contribution in [0.5, 0.6) is 0 Å². The largest absolute Gasteiger partial charge is 0.311 e. The van der Waals surface area contributed by atoms with Gasteiger partial charge < -0.3 is 4.90 Å². The summed E-state index contributed by atoms with van der Waals surface area (Å²) in [6, 6.07) is 53.1. The first-order valence-corrected chi connectivity index (χ1v) is 17.1. The van der Waals surface area contributed by atoms with Gasteiger partial charge in [-0.05, 0) is 47.4 Å². The Bertz CT molecular complexity index is 2550. The summed E-state index contributed by atoms with van der Waals surface area (Å²) in [7, 11) is 0. The van der Waals surface area contributed by atoms with Crippen LogP contribution in [0, 0.1) is 0 Å². The maximum atomic E-state index is 5.23. The third-order valence-corrected chi connectivity index (χ3v) is 9.95. The van der Waals surface area contributed by atoms with Gasteiger partial charge in [-0.1, -0.05) is 146 Å². The molecule has 1 unspecified atom stereocenters. The smallest absolute Gasteiger partial charge is 0.238 e. The minimum atomic E-state index is 0.248. The second kappa shape index (κ2) is 11.5. The summed E-state index contributed by atoms with van der Waals surface area (Å²) in [6.45, 7) is 0. The molecule has 0 saturated heterocycles. The number of rotatable bonds is 5. The molecule has 0 N–H and O–H groups in total. The Balaban J connectivity index is 1.26. The molecule has 5 heteroatoms. The molecule has 0 spiro atoms. The number of allylic oxidation sites excluding steroid dienone is 4. The Kier molecular flexibility index (Phi) is 6.56. The molecule has 8 aromatic rings. The molecule has 2 aromatic heterocycles. The highest BCUT2D eigenvalue weighted by Crippen LogP contribution is 2.54. The van der Waals surface area contributed by atoms with Gasteiger partial charge >= 0.3 is 0 Å². The molecule has 50 heavy (non-hydrogen) atoms. The minimum absolute atomic E-state index is 0.248. The SMILES string of the molecule is C1=CCC2C(=C1)N(c1ccc(-c3ccccc3)cc1)c1c2ccc2c3ccccc3n(-c3nc(-c4ccccc4)nc(-c4ccccc4)n3)c12. The number of para-hydroxylation sites is 1. The van der Waals surface area contributed by atoms with E-state index in [0.29, 0.717) is 17.6 Å². The Morgan fingerprint density at radius 1 is 0.520 bits per heavy atom. The summed E-state index contributed by atoms with van der Waals surface area (Å²) in [4.78, 5) is 17.9. The van der Waals surface area contributed by atoms with E-state index in [4.69, 9.17) is 15.0 Å². The van der Waals surface area contributed by atoms with Crippen LogP contribution in [0.1, 0.15) is 17.9 Å². The van der Waals surface area contributed by atoms with Crippen molar-refractivity contribution in [3.63, 3.8) is 0 Å². The monoisotopic (exact) mass is 641 g/mol. The van der Waals surface area contributed by atoms with Crippen LogP contribution in [0.25, 0.3) is 61.7 Å². The molecule has 1 atom stereocenters. The lowest BCUT2D eigenvalue weighted by molar-refractivity contribution is 0.820. The highest BCUT2D eigenvalue weighted by molar-refractivity contribution is 6.15. The third-order valence-electron chi connectivity index (χ3n) is 9.95. The Morgan fingerprint density at radius 2 is 1.12 bits per heavy atom. The summed E-state index contributed by atoms with van der Waals surface area (Å²) in [6.07, 6.45) is 7.71. The first-order chi connectivity index (χ1) is 24.8. The van der Waals surface area contributed by atoms with E-state index in [9.17, 15) is 0 Å². The second-order valence-corrected chi connectivity index (χ2v) is 12.8. The molecule has 1 aliphatic carbocycles. The number of anilines is 2. The summed E-state index contributed by atoms with van der Waals surface area (Å²) in [5.74, 6) is 2.13. The molecule has 6 aromatic carbocycles. The third kappa shape index (κ3) is 4.51. The molecule has 1 aliphatic heterocycles. The topological polar surface area (TPSA) is 46.8 Å². The molecule has 0 fully saturated rings. The molecule has 5 nitrogen and oxygen atoms in total. The van der Waals surface area contributed by atoms with Crippen molar-refractivity contribution >= 4 is 33.2 Å². The first kappa shape index (κ1) is 28.4. The van der Waals surface area contributed by atoms with Gasteiger partial charge in [0.15, 0.2) is 11.6 Å². The summed E-state index contributed by atoms with van der Waals surface area (Å²) < 4.78 is 2.26. The van der Waals surface area contributed by atoms with E-state index in [1.807, 2.05) is 36.4 Å². The zero-order valence-electron chi connectivity index (χ0n) is 27.2. The average molecular weight is 642 g/mol. The van der Waals surface area contributed by atoms with Gasteiger partial charge in [0.05, 0.1) is 16.7 Å². The van der Waals surface area contributed by atoms with E-state index in [1.165, 1.54) is 33.5 Å². The second-order valence-electron chi connectivity index (χ2n) is 12.8. The number of fused-ring (bicyclic) bond motifs is 7. The molecular weight excluding hydrogens is 611 g/mol. The highest BCUT2D eigenvalue weighted by atomic mass is 15.2. The van der Waals surface area contributed by atoms with Gasteiger partial charge in [0, 0.05) is 39.2 Å².